The van der Waals surface area contributed by atoms with E-state index in [-0.39, 0.29) is 28.5 Å². The number of thioether (sulfide) groups is 1. The Morgan fingerprint density at radius 1 is 1.45 bits per heavy atom. The Morgan fingerprint density at radius 2 is 2.18 bits per heavy atom. The highest BCUT2D eigenvalue weighted by atomic mass is 32.2. The van der Waals surface area contributed by atoms with Gasteiger partial charge >= 0.3 is 5.97 Å². The van der Waals surface area contributed by atoms with Gasteiger partial charge in [0, 0.05) is 5.56 Å². The molecule has 0 bridgehead atoms. The van der Waals surface area contributed by atoms with Crippen LogP contribution in [0, 0.1) is 0 Å². The number of thiocarbonyl (C=S) groups is 1. The number of rotatable bonds is 5. The molecule has 0 radical (unpaired) electrons. The lowest BCUT2D eigenvalue weighted by molar-refractivity contribution is -0.123. The van der Waals surface area contributed by atoms with Gasteiger partial charge in [-0.2, -0.15) is 10.1 Å². The predicted molar refractivity (Wildman–Crippen MR) is 86.0 cm³/mol. The molecular formula is C13H12N2O5S2. The number of hydrogen-bond donors (Lipinski definition) is 1. The van der Waals surface area contributed by atoms with Crippen LogP contribution in [0.3, 0.4) is 0 Å². The van der Waals surface area contributed by atoms with Crippen LogP contribution in [0.2, 0.25) is 0 Å². The summed E-state index contributed by atoms with van der Waals surface area (Å²) >= 11 is 6.20. The maximum absolute atomic E-state index is 11.6. The number of carbonyl (C=O) groups is 2. The van der Waals surface area contributed by atoms with E-state index in [0.717, 1.165) is 5.01 Å². The van der Waals surface area contributed by atoms with Crippen molar-refractivity contribution in [2.24, 2.45) is 5.10 Å². The number of ether oxygens (including phenoxy) is 2. The second-order valence-corrected chi connectivity index (χ2v) is 5.68. The zero-order valence-electron chi connectivity index (χ0n) is 11.7. The van der Waals surface area contributed by atoms with Crippen molar-refractivity contribution in [1.82, 2.24) is 5.01 Å². The molecule has 1 N–H and O–H groups in total. The third kappa shape index (κ3) is 3.04. The van der Waals surface area contributed by atoms with Gasteiger partial charge in [0.2, 0.25) is 0 Å². The summed E-state index contributed by atoms with van der Waals surface area (Å²) in [6, 6.07) is 3.08. The lowest BCUT2D eigenvalue weighted by atomic mass is 10.1. The summed E-state index contributed by atoms with van der Waals surface area (Å²) in [6.45, 7) is 0. The molecule has 1 aliphatic heterocycles. The summed E-state index contributed by atoms with van der Waals surface area (Å²) in [7, 11) is 2.76. The van der Waals surface area contributed by atoms with Crippen molar-refractivity contribution in [3.63, 3.8) is 0 Å². The molecule has 0 aromatic heterocycles. The minimum atomic E-state index is -1.19. The largest absolute Gasteiger partial charge is 0.493 e. The van der Waals surface area contributed by atoms with E-state index in [2.05, 4.69) is 5.10 Å². The number of aromatic carboxylic acids is 1. The van der Waals surface area contributed by atoms with E-state index in [0.29, 0.717) is 10.1 Å². The minimum Gasteiger partial charge on any atom is -0.493 e. The molecule has 0 spiro atoms. The fraction of sp³-hybridized carbons (Fsp3) is 0.231. The van der Waals surface area contributed by atoms with Gasteiger partial charge in [0.15, 0.2) is 15.8 Å². The standard InChI is InChI=1S/C13H12N2O5S2/c1-19-8-4-3-7(10(12(17)18)11(8)20-2)5-14-15-9(16)6-22-13(15)21/h3-5H,6H2,1-2H3,(H,17,18)/b14-5+. The average Bonchev–Trinajstić information content (AvgIpc) is 2.82. The molecule has 1 saturated heterocycles. The number of nitrogens with zero attached hydrogens (tertiary/aromatic N) is 2. The van der Waals surface area contributed by atoms with Crippen LogP contribution >= 0.6 is 24.0 Å². The second kappa shape index (κ2) is 6.75. The van der Waals surface area contributed by atoms with Crippen molar-refractivity contribution in [1.29, 1.82) is 0 Å². The Morgan fingerprint density at radius 3 is 2.68 bits per heavy atom. The summed E-state index contributed by atoms with van der Waals surface area (Å²) in [4.78, 5) is 23.1. The van der Waals surface area contributed by atoms with Crippen LogP contribution < -0.4 is 9.47 Å². The van der Waals surface area contributed by atoms with E-state index in [1.807, 2.05) is 0 Å². The smallest absolute Gasteiger partial charge is 0.340 e. The van der Waals surface area contributed by atoms with E-state index in [9.17, 15) is 14.7 Å². The number of amides is 1. The van der Waals surface area contributed by atoms with E-state index in [4.69, 9.17) is 21.7 Å². The molecule has 1 aromatic carbocycles. The van der Waals surface area contributed by atoms with E-state index >= 15 is 0 Å². The average molecular weight is 340 g/mol. The minimum absolute atomic E-state index is 0.0867. The third-order valence-corrected chi connectivity index (χ3v) is 4.17. The molecule has 0 unspecified atom stereocenters. The Bertz CT molecular complexity index is 659. The zero-order chi connectivity index (χ0) is 16.3. The zero-order valence-corrected chi connectivity index (χ0v) is 13.4. The lowest BCUT2D eigenvalue weighted by Crippen LogP contribution is -2.22. The highest BCUT2D eigenvalue weighted by Crippen LogP contribution is 2.33. The normalized spacial score (nSPS) is 14.7. The van der Waals surface area contributed by atoms with Crippen LogP contribution in [0.1, 0.15) is 15.9 Å². The Hall–Kier alpha value is -2.13. The molecular weight excluding hydrogens is 328 g/mol. The van der Waals surface area contributed by atoms with E-state index in [1.165, 1.54) is 38.3 Å². The van der Waals surface area contributed by atoms with Crippen LogP contribution in [0.25, 0.3) is 0 Å². The van der Waals surface area contributed by atoms with Gasteiger partial charge in [-0.25, -0.2) is 4.79 Å². The molecule has 116 valence electrons. The van der Waals surface area contributed by atoms with Gasteiger partial charge in [0.1, 0.15) is 5.56 Å². The van der Waals surface area contributed by atoms with Gasteiger partial charge in [-0.15, -0.1) is 0 Å². The first-order valence-corrected chi connectivity index (χ1v) is 7.41. The highest BCUT2D eigenvalue weighted by molar-refractivity contribution is 8.23. The van der Waals surface area contributed by atoms with Gasteiger partial charge in [-0.05, 0) is 12.1 Å². The maximum atomic E-state index is 11.6. The summed E-state index contributed by atoms with van der Waals surface area (Å²) in [5.74, 6) is -0.831. The fourth-order valence-corrected chi connectivity index (χ4v) is 2.82. The van der Waals surface area contributed by atoms with Gasteiger partial charge in [-0.1, -0.05) is 24.0 Å². The molecule has 1 aliphatic rings. The van der Waals surface area contributed by atoms with Crippen molar-refractivity contribution >= 4 is 46.4 Å². The second-order valence-electron chi connectivity index (χ2n) is 4.08. The Balaban J connectivity index is 2.45. The van der Waals surface area contributed by atoms with Crippen LogP contribution in [0.5, 0.6) is 11.5 Å². The van der Waals surface area contributed by atoms with Crippen molar-refractivity contribution in [3.8, 4) is 11.5 Å². The summed E-state index contributed by atoms with van der Waals surface area (Å²) in [6.07, 6.45) is 1.27. The maximum Gasteiger partial charge on any atom is 0.340 e. The third-order valence-electron chi connectivity index (χ3n) is 2.83. The van der Waals surface area contributed by atoms with Crippen LogP contribution in [-0.2, 0) is 4.79 Å². The molecule has 22 heavy (non-hydrogen) atoms. The highest BCUT2D eigenvalue weighted by Gasteiger charge is 2.26. The van der Waals surface area contributed by atoms with Crippen molar-refractivity contribution in [2.45, 2.75) is 0 Å². The molecule has 2 rings (SSSR count). The molecule has 7 nitrogen and oxygen atoms in total. The summed E-state index contributed by atoms with van der Waals surface area (Å²) in [5.41, 5.74) is 0.175. The number of hydrogen-bond acceptors (Lipinski definition) is 7. The number of methoxy groups -OCH3 is 2. The number of carbonyl (C=O) groups excluding carboxylic acids is 1. The van der Waals surface area contributed by atoms with Crippen LogP contribution in [-0.4, -0.2) is 52.5 Å². The first-order valence-electron chi connectivity index (χ1n) is 6.01. The number of carboxylic acids is 1. The van der Waals surface area contributed by atoms with Crippen molar-refractivity contribution in [2.75, 3.05) is 20.0 Å². The lowest BCUT2D eigenvalue weighted by Gasteiger charge is -2.13. The molecule has 0 atom stereocenters. The van der Waals surface area contributed by atoms with E-state index < -0.39 is 5.97 Å². The number of benzene rings is 1. The molecule has 1 aromatic rings. The Kier molecular flexibility index (Phi) is 4.99. The molecule has 0 saturated carbocycles. The fourth-order valence-electron chi connectivity index (χ4n) is 1.85. The summed E-state index contributed by atoms with van der Waals surface area (Å²) < 4.78 is 10.5. The van der Waals surface area contributed by atoms with Gasteiger partial charge < -0.3 is 14.6 Å². The van der Waals surface area contributed by atoms with Gasteiger partial charge in [0.25, 0.3) is 5.91 Å². The summed E-state index contributed by atoms with van der Waals surface area (Å²) in [5, 5.41) is 14.4. The first-order chi connectivity index (χ1) is 10.5. The van der Waals surface area contributed by atoms with E-state index in [1.54, 1.807) is 6.07 Å². The number of hydrazone groups is 1. The number of carboxylic acid groups (broad SMARTS) is 1. The molecule has 1 amide bonds. The monoisotopic (exact) mass is 340 g/mol. The van der Waals surface area contributed by atoms with Crippen molar-refractivity contribution in [3.05, 3.63) is 23.3 Å². The molecule has 9 heteroatoms. The first kappa shape index (κ1) is 16.2. The topological polar surface area (TPSA) is 88.4 Å². The van der Waals surface area contributed by atoms with Crippen LogP contribution in [0.15, 0.2) is 17.2 Å². The molecule has 1 heterocycles. The quantitative estimate of drug-likeness (QED) is 0.643. The molecule has 0 aliphatic carbocycles. The van der Waals surface area contributed by atoms with Crippen molar-refractivity contribution < 1.29 is 24.2 Å². The predicted octanol–water partition coefficient (Wildman–Crippen LogP) is 1.60. The Labute approximate surface area is 135 Å². The van der Waals surface area contributed by atoms with Crippen LogP contribution in [0.4, 0.5) is 0 Å². The SMILES string of the molecule is COc1ccc(/C=N/N2C(=O)CSC2=S)c(C(=O)O)c1OC. The molecule has 1 fully saturated rings. The van der Waals surface area contributed by atoms with Gasteiger partial charge in [-0.3, -0.25) is 4.79 Å². The van der Waals surface area contributed by atoms with Gasteiger partial charge in [0.05, 0.1) is 26.2 Å².